The van der Waals surface area contributed by atoms with Gasteiger partial charge in [-0.15, -0.1) is 0 Å². The maximum absolute atomic E-state index is 10.7. The van der Waals surface area contributed by atoms with Crippen LogP contribution in [0.1, 0.15) is 6.42 Å². The Balaban J connectivity index is 1.80. The molecular weight excluding hydrogens is 446 g/mol. The van der Waals surface area contributed by atoms with Crippen molar-refractivity contribution in [1.29, 1.82) is 0 Å². The largest absolute Gasteiger partial charge is 0.394 e. The summed E-state index contributed by atoms with van der Waals surface area (Å²) < 4.78 is 22.8. The minimum Gasteiger partial charge on any atom is -0.394 e. The molecule has 0 amide bonds. The monoisotopic (exact) mass is 483 g/mol. The van der Waals surface area contributed by atoms with Crippen LogP contribution in [0.3, 0.4) is 0 Å². The van der Waals surface area contributed by atoms with Crippen molar-refractivity contribution in [3.8, 4) is 0 Å². The Kier molecular flexibility index (Phi) is 8.99. The van der Waals surface area contributed by atoms with Crippen LogP contribution in [-0.2, 0) is 18.9 Å². The standard InChI is InChI=1S/C18H37N5O10/c19-2-6-11(26)13(28)8(22)17(30-6)32-15-5(21)1-4(20)10(25)16(15)33-18-9(23)14(29)12(27)7(3-24)31-18/h4-18,24-29H,1-3,19-23H2/t4-,5+,6-,7-,8-,9?,10+,11-,12?,13-,14-,15-,16+,17-,18+/m0/s1. The van der Waals surface area contributed by atoms with Gasteiger partial charge in [0.25, 0.3) is 0 Å². The molecule has 2 unspecified atom stereocenters. The Morgan fingerprint density at radius 1 is 0.667 bits per heavy atom. The van der Waals surface area contributed by atoms with Gasteiger partial charge in [0.15, 0.2) is 12.6 Å². The lowest BCUT2D eigenvalue weighted by atomic mass is 9.84. The molecule has 15 heteroatoms. The first-order valence-corrected chi connectivity index (χ1v) is 10.9. The van der Waals surface area contributed by atoms with E-state index in [2.05, 4.69) is 0 Å². The van der Waals surface area contributed by atoms with Gasteiger partial charge in [-0.1, -0.05) is 0 Å². The maximum atomic E-state index is 10.7. The molecule has 2 aliphatic heterocycles. The van der Waals surface area contributed by atoms with Crippen LogP contribution in [-0.4, -0.2) is 135 Å². The van der Waals surface area contributed by atoms with Crippen molar-refractivity contribution in [3.05, 3.63) is 0 Å². The van der Waals surface area contributed by atoms with E-state index in [4.69, 9.17) is 47.6 Å². The number of rotatable bonds is 6. The molecule has 1 saturated carbocycles. The summed E-state index contributed by atoms with van der Waals surface area (Å²) in [5, 5.41) is 60.7. The first-order valence-electron chi connectivity index (χ1n) is 10.9. The third-order valence-corrected chi connectivity index (χ3v) is 6.56. The van der Waals surface area contributed by atoms with Gasteiger partial charge in [0.1, 0.15) is 48.8 Å². The topological polar surface area (TPSA) is 288 Å². The SMILES string of the molecule is NC[C@@H]1O[C@@H](O[C@@H]2[C@H](O[C@H]3O[C@@H](CO)C(O)[C@@H](O)C3N)[C@H](O)[C@@H](N)C[C@H]2N)[C@@H](N)[C@H](O)[C@H]1O. The second-order valence-electron chi connectivity index (χ2n) is 8.88. The Bertz CT molecular complexity index is 635. The molecule has 16 N–H and O–H groups in total. The van der Waals surface area contributed by atoms with Crippen LogP contribution < -0.4 is 28.7 Å². The second-order valence-corrected chi connectivity index (χ2v) is 8.88. The van der Waals surface area contributed by atoms with Crippen LogP contribution in [0, 0.1) is 0 Å². The molecule has 2 saturated heterocycles. The summed E-state index contributed by atoms with van der Waals surface area (Å²) in [7, 11) is 0. The van der Waals surface area contributed by atoms with Gasteiger partial charge in [0.05, 0.1) is 24.8 Å². The lowest BCUT2D eigenvalue weighted by Crippen LogP contribution is -2.69. The van der Waals surface area contributed by atoms with Crippen molar-refractivity contribution in [2.45, 2.75) is 98.1 Å². The minimum absolute atomic E-state index is 0.123. The minimum atomic E-state index is -1.49. The van der Waals surface area contributed by atoms with Gasteiger partial charge in [0, 0.05) is 18.6 Å². The fourth-order valence-electron chi connectivity index (χ4n) is 4.41. The Morgan fingerprint density at radius 3 is 1.67 bits per heavy atom. The second kappa shape index (κ2) is 11.0. The molecule has 33 heavy (non-hydrogen) atoms. The summed E-state index contributed by atoms with van der Waals surface area (Å²) in [5.41, 5.74) is 29.7. The molecule has 0 bridgehead atoms. The highest BCUT2D eigenvalue weighted by atomic mass is 16.7. The van der Waals surface area contributed by atoms with Crippen molar-refractivity contribution >= 4 is 0 Å². The van der Waals surface area contributed by atoms with Gasteiger partial charge >= 0.3 is 0 Å². The summed E-state index contributed by atoms with van der Waals surface area (Å²) in [6.45, 7) is -0.745. The van der Waals surface area contributed by atoms with Gasteiger partial charge in [-0.3, -0.25) is 0 Å². The van der Waals surface area contributed by atoms with E-state index < -0.39 is 98.3 Å². The lowest BCUT2D eigenvalue weighted by Gasteiger charge is -2.48. The molecule has 194 valence electrons. The zero-order valence-corrected chi connectivity index (χ0v) is 18.0. The molecule has 15 atom stereocenters. The van der Waals surface area contributed by atoms with E-state index in [9.17, 15) is 30.6 Å². The van der Waals surface area contributed by atoms with E-state index in [1.807, 2.05) is 0 Å². The van der Waals surface area contributed by atoms with Gasteiger partial charge in [0.2, 0.25) is 0 Å². The van der Waals surface area contributed by atoms with Crippen molar-refractivity contribution < 1.29 is 49.6 Å². The first kappa shape index (κ1) is 27.0. The van der Waals surface area contributed by atoms with Crippen molar-refractivity contribution in [2.75, 3.05) is 13.2 Å². The summed E-state index contributed by atoms with van der Waals surface area (Å²) in [6, 6.07) is -4.00. The van der Waals surface area contributed by atoms with Crippen molar-refractivity contribution in [1.82, 2.24) is 0 Å². The highest BCUT2D eigenvalue weighted by Crippen LogP contribution is 2.31. The molecule has 1 aliphatic carbocycles. The fraction of sp³-hybridized carbons (Fsp3) is 1.00. The predicted molar refractivity (Wildman–Crippen MR) is 110 cm³/mol. The first-order chi connectivity index (χ1) is 15.5. The third-order valence-electron chi connectivity index (χ3n) is 6.56. The number of hydrogen-bond acceptors (Lipinski definition) is 15. The third kappa shape index (κ3) is 5.32. The molecule has 3 fully saturated rings. The predicted octanol–water partition coefficient (Wildman–Crippen LogP) is -7.33. The number of aliphatic hydroxyl groups is 6. The van der Waals surface area contributed by atoms with Crippen LogP contribution in [0.15, 0.2) is 0 Å². The molecular formula is C18H37N5O10. The zero-order chi connectivity index (χ0) is 24.6. The quantitative estimate of drug-likeness (QED) is 0.167. The zero-order valence-electron chi connectivity index (χ0n) is 18.0. The highest BCUT2D eigenvalue weighted by molar-refractivity contribution is 5.02. The van der Waals surface area contributed by atoms with E-state index in [-0.39, 0.29) is 13.0 Å². The molecule has 15 nitrogen and oxygen atoms in total. The number of ether oxygens (including phenoxy) is 4. The van der Waals surface area contributed by atoms with E-state index in [0.717, 1.165) is 0 Å². The molecule has 3 rings (SSSR count). The average molecular weight is 484 g/mol. The molecule has 0 aromatic heterocycles. The van der Waals surface area contributed by atoms with Crippen LogP contribution in [0.25, 0.3) is 0 Å². The molecule has 0 aromatic rings. The summed E-state index contributed by atoms with van der Waals surface area (Å²) in [6.07, 6.45) is -14.0. The van der Waals surface area contributed by atoms with Crippen molar-refractivity contribution in [2.24, 2.45) is 28.7 Å². The van der Waals surface area contributed by atoms with Gasteiger partial charge in [-0.05, 0) is 6.42 Å². The maximum Gasteiger partial charge on any atom is 0.176 e. The summed E-state index contributed by atoms with van der Waals surface area (Å²) in [5.74, 6) is 0. The smallest absolute Gasteiger partial charge is 0.176 e. The molecule has 0 spiro atoms. The highest BCUT2D eigenvalue weighted by Gasteiger charge is 2.51. The van der Waals surface area contributed by atoms with Crippen LogP contribution >= 0.6 is 0 Å². The molecule has 2 heterocycles. The van der Waals surface area contributed by atoms with E-state index >= 15 is 0 Å². The van der Waals surface area contributed by atoms with Crippen LogP contribution in [0.2, 0.25) is 0 Å². The van der Waals surface area contributed by atoms with Crippen LogP contribution in [0.5, 0.6) is 0 Å². The van der Waals surface area contributed by atoms with E-state index in [1.54, 1.807) is 0 Å². The summed E-state index contributed by atoms with van der Waals surface area (Å²) >= 11 is 0. The number of nitrogens with two attached hydrogens (primary N) is 5. The Morgan fingerprint density at radius 2 is 1.15 bits per heavy atom. The molecule has 0 radical (unpaired) electrons. The fourth-order valence-corrected chi connectivity index (χ4v) is 4.41. The number of hydrogen-bond donors (Lipinski definition) is 11. The summed E-state index contributed by atoms with van der Waals surface area (Å²) in [4.78, 5) is 0. The van der Waals surface area contributed by atoms with E-state index in [0.29, 0.717) is 0 Å². The van der Waals surface area contributed by atoms with Crippen LogP contribution in [0.4, 0.5) is 0 Å². The van der Waals surface area contributed by atoms with Gasteiger partial charge in [-0.2, -0.15) is 0 Å². The molecule has 0 aromatic carbocycles. The Hall–Kier alpha value is -0.600. The normalized spacial score (nSPS) is 53.7. The number of aliphatic hydroxyl groups excluding tert-OH is 6. The van der Waals surface area contributed by atoms with Gasteiger partial charge < -0.3 is 78.3 Å². The van der Waals surface area contributed by atoms with E-state index in [1.165, 1.54) is 0 Å². The lowest BCUT2D eigenvalue weighted by molar-refractivity contribution is -0.324. The van der Waals surface area contributed by atoms with Gasteiger partial charge in [-0.25, -0.2) is 0 Å². The average Bonchev–Trinajstić information content (AvgIpc) is 2.79. The molecule has 3 aliphatic rings. The Labute approximate surface area is 190 Å². The van der Waals surface area contributed by atoms with Crippen molar-refractivity contribution in [3.63, 3.8) is 0 Å².